The van der Waals surface area contributed by atoms with Gasteiger partial charge >= 0.3 is 6.18 Å². The summed E-state index contributed by atoms with van der Waals surface area (Å²) in [6.07, 6.45) is 1.16. The summed E-state index contributed by atoms with van der Waals surface area (Å²) in [6.45, 7) is 0. The molecule has 4 heteroatoms. The molecule has 0 aromatic heterocycles. The van der Waals surface area contributed by atoms with Crippen molar-refractivity contribution in [1.29, 1.82) is 0 Å². The Kier molecular flexibility index (Phi) is 3.72. The molecule has 0 fully saturated rings. The number of alkyl halides is 3. The van der Waals surface area contributed by atoms with Crippen molar-refractivity contribution in [3.05, 3.63) is 11.6 Å². The summed E-state index contributed by atoms with van der Waals surface area (Å²) < 4.78 is 36.2. The first-order chi connectivity index (χ1) is 6.52. The number of allylic oxidation sites excluding steroid dienone is 2. The largest absolute Gasteiger partial charge is 0.454 e. The molecular formula is C10H13F3O. The molecule has 0 aliphatic heterocycles. The lowest BCUT2D eigenvalue weighted by molar-refractivity contribution is -0.166. The molecule has 14 heavy (non-hydrogen) atoms. The minimum Gasteiger partial charge on any atom is -0.284 e. The first-order valence-corrected chi connectivity index (χ1v) is 4.82. The summed E-state index contributed by atoms with van der Waals surface area (Å²) >= 11 is 0. The number of carbonyl (C=O) groups excluding carboxylic acids is 1. The van der Waals surface area contributed by atoms with Gasteiger partial charge in [0.15, 0.2) is 0 Å². The van der Waals surface area contributed by atoms with Crippen molar-refractivity contribution < 1.29 is 18.0 Å². The predicted octanol–water partition coefficient (Wildman–Crippen LogP) is 3.40. The van der Waals surface area contributed by atoms with Crippen molar-refractivity contribution in [3.8, 4) is 0 Å². The Bertz CT molecular complexity index is 240. The van der Waals surface area contributed by atoms with E-state index < -0.39 is 12.0 Å². The first kappa shape index (κ1) is 11.3. The third-order valence-electron chi connectivity index (χ3n) is 2.34. The van der Waals surface area contributed by atoms with Gasteiger partial charge in [0, 0.05) is 5.57 Å². The molecule has 0 N–H and O–H groups in total. The number of rotatable bonds is 1. The van der Waals surface area contributed by atoms with Gasteiger partial charge in [0.05, 0.1) is 0 Å². The van der Waals surface area contributed by atoms with Crippen LogP contribution in [0.5, 0.6) is 0 Å². The van der Waals surface area contributed by atoms with E-state index in [1.807, 2.05) is 0 Å². The Labute approximate surface area is 81.0 Å². The van der Waals surface area contributed by atoms with Gasteiger partial charge in [-0.3, -0.25) is 4.79 Å². The maximum absolute atomic E-state index is 12.1. The molecule has 80 valence electrons. The summed E-state index contributed by atoms with van der Waals surface area (Å²) in [4.78, 5) is 10.9. The molecule has 0 unspecified atom stereocenters. The van der Waals surface area contributed by atoms with Crippen molar-refractivity contribution in [2.75, 3.05) is 0 Å². The molecule has 0 radical (unpaired) electrons. The Morgan fingerprint density at radius 1 is 1.14 bits per heavy atom. The van der Waals surface area contributed by atoms with Crippen LogP contribution >= 0.6 is 0 Å². The fourth-order valence-electron chi connectivity index (χ4n) is 1.58. The summed E-state index contributed by atoms with van der Waals surface area (Å²) in [7, 11) is 0. The zero-order valence-electron chi connectivity index (χ0n) is 7.86. The highest BCUT2D eigenvalue weighted by Crippen LogP contribution is 2.25. The summed E-state index contributed by atoms with van der Waals surface area (Å²) in [5.41, 5.74) is -0.0443. The molecule has 0 saturated carbocycles. The van der Waals surface area contributed by atoms with Crippen LogP contribution in [-0.2, 0) is 4.79 Å². The number of Topliss-reactive ketones (excluding diaryl/α,β-unsaturated/α-hetero) is 1. The third-order valence-corrected chi connectivity index (χ3v) is 2.34. The van der Waals surface area contributed by atoms with Crippen LogP contribution in [-0.4, -0.2) is 12.0 Å². The van der Waals surface area contributed by atoms with Crippen LogP contribution in [0.3, 0.4) is 0 Å². The van der Waals surface area contributed by atoms with E-state index in [4.69, 9.17) is 0 Å². The fourth-order valence-corrected chi connectivity index (χ4v) is 1.58. The third kappa shape index (κ3) is 3.16. The average Bonchev–Trinajstić information content (AvgIpc) is 2.00. The van der Waals surface area contributed by atoms with Gasteiger partial charge in [-0.05, 0) is 25.7 Å². The SMILES string of the molecule is O=C(C1=CCCCCCC1)C(F)(F)F. The van der Waals surface area contributed by atoms with Gasteiger partial charge in [-0.15, -0.1) is 0 Å². The Morgan fingerprint density at radius 2 is 1.79 bits per heavy atom. The fraction of sp³-hybridized carbons (Fsp3) is 0.700. The molecule has 1 nitrogen and oxygen atoms in total. The van der Waals surface area contributed by atoms with Crippen molar-refractivity contribution in [2.45, 2.75) is 44.7 Å². The molecule has 0 aromatic carbocycles. The molecule has 0 heterocycles. The lowest BCUT2D eigenvalue weighted by atomic mass is 9.97. The average molecular weight is 206 g/mol. The van der Waals surface area contributed by atoms with Gasteiger partial charge < -0.3 is 0 Å². The van der Waals surface area contributed by atoms with Crippen LogP contribution in [0.15, 0.2) is 11.6 Å². The van der Waals surface area contributed by atoms with E-state index in [1.165, 1.54) is 6.08 Å². The lowest BCUT2D eigenvalue weighted by Gasteiger charge is -2.11. The number of halogens is 3. The summed E-state index contributed by atoms with van der Waals surface area (Å²) in [5.74, 6) is -1.65. The van der Waals surface area contributed by atoms with E-state index in [9.17, 15) is 18.0 Å². The zero-order valence-corrected chi connectivity index (χ0v) is 7.86. The zero-order chi connectivity index (χ0) is 10.6. The maximum Gasteiger partial charge on any atom is 0.454 e. The molecule has 0 aromatic rings. The smallest absolute Gasteiger partial charge is 0.284 e. The van der Waals surface area contributed by atoms with Crippen LogP contribution < -0.4 is 0 Å². The topological polar surface area (TPSA) is 17.1 Å². The first-order valence-electron chi connectivity index (χ1n) is 4.82. The van der Waals surface area contributed by atoms with Gasteiger partial charge in [0.1, 0.15) is 0 Å². The van der Waals surface area contributed by atoms with E-state index >= 15 is 0 Å². The predicted molar refractivity (Wildman–Crippen MR) is 46.8 cm³/mol. The van der Waals surface area contributed by atoms with Crippen LogP contribution in [0.4, 0.5) is 13.2 Å². The Hall–Kier alpha value is -0.800. The van der Waals surface area contributed by atoms with Gasteiger partial charge in [-0.2, -0.15) is 13.2 Å². The van der Waals surface area contributed by atoms with Gasteiger partial charge in [0.25, 0.3) is 5.78 Å². The second-order valence-electron chi connectivity index (χ2n) is 3.51. The number of ketones is 1. The quantitative estimate of drug-likeness (QED) is 0.642. The highest BCUT2D eigenvalue weighted by molar-refractivity contribution is 5.99. The number of hydrogen-bond acceptors (Lipinski definition) is 1. The van der Waals surface area contributed by atoms with Crippen molar-refractivity contribution in [2.24, 2.45) is 0 Å². The molecule has 0 saturated heterocycles. The summed E-state index contributed by atoms with van der Waals surface area (Å²) in [5, 5.41) is 0. The second-order valence-corrected chi connectivity index (χ2v) is 3.51. The van der Waals surface area contributed by atoms with E-state index in [-0.39, 0.29) is 12.0 Å². The normalized spacial score (nSPS) is 19.5. The standard InChI is InChI=1S/C10H13F3O/c11-10(12,13)9(14)8-6-4-2-1-3-5-7-8/h6H,1-5,7H2. The van der Waals surface area contributed by atoms with E-state index in [0.29, 0.717) is 12.8 Å². The molecular weight excluding hydrogens is 193 g/mol. The van der Waals surface area contributed by atoms with Gasteiger partial charge in [-0.25, -0.2) is 0 Å². The molecule has 0 spiro atoms. The van der Waals surface area contributed by atoms with Crippen LogP contribution in [0.2, 0.25) is 0 Å². The van der Waals surface area contributed by atoms with Crippen molar-refractivity contribution in [1.82, 2.24) is 0 Å². The molecule has 0 atom stereocenters. The minimum absolute atomic E-state index is 0.0443. The second kappa shape index (κ2) is 4.62. The molecule has 1 rings (SSSR count). The monoisotopic (exact) mass is 206 g/mol. The molecule has 0 amide bonds. The molecule has 1 aliphatic carbocycles. The minimum atomic E-state index is -4.70. The maximum atomic E-state index is 12.1. The highest BCUT2D eigenvalue weighted by Gasteiger charge is 2.40. The van der Waals surface area contributed by atoms with E-state index in [1.54, 1.807) is 0 Å². The van der Waals surface area contributed by atoms with Crippen LogP contribution in [0.1, 0.15) is 38.5 Å². The van der Waals surface area contributed by atoms with Crippen molar-refractivity contribution >= 4 is 5.78 Å². The Morgan fingerprint density at radius 3 is 2.43 bits per heavy atom. The molecule has 1 aliphatic rings. The van der Waals surface area contributed by atoms with E-state index in [0.717, 1.165) is 19.3 Å². The van der Waals surface area contributed by atoms with E-state index in [2.05, 4.69) is 0 Å². The summed E-state index contributed by atoms with van der Waals surface area (Å²) in [6, 6.07) is 0. The number of hydrogen-bond donors (Lipinski definition) is 0. The van der Waals surface area contributed by atoms with Crippen LogP contribution in [0.25, 0.3) is 0 Å². The van der Waals surface area contributed by atoms with Gasteiger partial charge in [0.2, 0.25) is 0 Å². The van der Waals surface area contributed by atoms with Gasteiger partial charge in [-0.1, -0.05) is 18.9 Å². The van der Waals surface area contributed by atoms with Crippen molar-refractivity contribution in [3.63, 3.8) is 0 Å². The molecule has 0 bridgehead atoms. The highest BCUT2D eigenvalue weighted by atomic mass is 19.4. The lowest BCUT2D eigenvalue weighted by Crippen LogP contribution is -2.24. The van der Waals surface area contributed by atoms with Crippen LogP contribution in [0, 0.1) is 0 Å². The Balaban J connectivity index is 2.69. The number of carbonyl (C=O) groups is 1.